The van der Waals surface area contributed by atoms with E-state index in [0.717, 1.165) is 55.8 Å². The molecule has 2 aromatic carbocycles. The molecule has 3 aliphatic rings. The van der Waals surface area contributed by atoms with Crippen molar-refractivity contribution in [3.05, 3.63) is 76.1 Å². The highest BCUT2D eigenvalue weighted by Gasteiger charge is 2.31. The molecule has 0 saturated heterocycles. The molecule has 2 aliphatic heterocycles. The van der Waals surface area contributed by atoms with Crippen LogP contribution in [0.25, 0.3) is 0 Å². The van der Waals surface area contributed by atoms with E-state index in [9.17, 15) is 4.79 Å². The molecule has 1 amide bonds. The van der Waals surface area contributed by atoms with E-state index in [-0.39, 0.29) is 12.7 Å². The fourth-order valence-corrected chi connectivity index (χ4v) is 5.27. The van der Waals surface area contributed by atoms with Crippen molar-refractivity contribution in [3.63, 3.8) is 0 Å². The van der Waals surface area contributed by atoms with Crippen LogP contribution in [0.5, 0.6) is 11.5 Å². The Morgan fingerprint density at radius 1 is 1.12 bits per heavy atom. The number of hydrogen-bond acceptors (Lipinski definition) is 5. The lowest BCUT2D eigenvalue weighted by molar-refractivity contribution is 0.0726. The Balaban J connectivity index is 1.16. The summed E-state index contributed by atoms with van der Waals surface area (Å²) in [6.07, 6.45) is 3.67. The molecule has 7 nitrogen and oxygen atoms in total. The van der Waals surface area contributed by atoms with E-state index >= 15 is 0 Å². The number of fused-ring (bicyclic) bond motifs is 3. The van der Waals surface area contributed by atoms with E-state index in [1.165, 1.54) is 22.4 Å². The molecule has 3 heterocycles. The number of benzene rings is 2. The van der Waals surface area contributed by atoms with Crippen molar-refractivity contribution < 1.29 is 14.3 Å². The number of nitrogens with one attached hydrogen (secondary N) is 1. The molecular formula is C26H28N4O3. The van der Waals surface area contributed by atoms with Crippen molar-refractivity contribution in [2.75, 3.05) is 13.3 Å². The van der Waals surface area contributed by atoms with Crippen molar-refractivity contribution in [1.29, 1.82) is 0 Å². The van der Waals surface area contributed by atoms with Crippen LogP contribution in [0.15, 0.2) is 42.5 Å². The number of nitrogens with zero attached hydrogens (tertiary/aromatic N) is 3. The van der Waals surface area contributed by atoms with E-state index in [1.54, 1.807) is 0 Å². The standard InChI is InChI=1S/C26H28N4O3/c1-29-22-8-7-20(27-14-17-6-9-23-24(12-17)33-16-32-23)13-21(22)25(28-29)26(31)30-11-10-18-4-2-3-5-19(18)15-30/h2-6,9,12,20,27H,7-8,10-11,13-16H2,1H3/t20-/m1/s1. The van der Waals surface area contributed by atoms with E-state index in [0.29, 0.717) is 18.3 Å². The molecule has 3 aromatic rings. The fourth-order valence-electron chi connectivity index (χ4n) is 5.27. The fraction of sp³-hybridized carbons (Fsp3) is 0.385. The Labute approximate surface area is 193 Å². The smallest absolute Gasteiger partial charge is 0.274 e. The monoisotopic (exact) mass is 444 g/mol. The second-order valence-corrected chi connectivity index (χ2v) is 9.15. The number of rotatable bonds is 4. The quantitative estimate of drug-likeness (QED) is 0.670. The second-order valence-electron chi connectivity index (χ2n) is 9.15. The molecule has 0 spiro atoms. The van der Waals surface area contributed by atoms with Crippen LogP contribution in [0.3, 0.4) is 0 Å². The van der Waals surface area contributed by atoms with Gasteiger partial charge in [0.15, 0.2) is 17.2 Å². The van der Waals surface area contributed by atoms with Crippen molar-refractivity contribution in [2.45, 2.75) is 44.8 Å². The second kappa shape index (κ2) is 8.23. The SMILES string of the molecule is Cn1nc(C(=O)N2CCc3ccccc3C2)c2c1CC[C@@H](NCc1ccc3c(c1)OCO3)C2. The summed E-state index contributed by atoms with van der Waals surface area (Å²) in [4.78, 5) is 15.4. The Bertz CT molecular complexity index is 1220. The summed E-state index contributed by atoms with van der Waals surface area (Å²) in [5.41, 5.74) is 6.68. The molecule has 0 bridgehead atoms. The van der Waals surface area contributed by atoms with Crippen molar-refractivity contribution in [2.24, 2.45) is 7.05 Å². The first-order chi connectivity index (χ1) is 16.2. The Morgan fingerprint density at radius 3 is 2.88 bits per heavy atom. The molecule has 0 fully saturated rings. The lowest BCUT2D eigenvalue weighted by atomic mass is 9.90. The molecule has 170 valence electrons. The average Bonchev–Trinajstić information content (AvgIpc) is 3.45. The molecule has 1 aliphatic carbocycles. The summed E-state index contributed by atoms with van der Waals surface area (Å²) >= 11 is 0. The van der Waals surface area contributed by atoms with Crippen LogP contribution in [0.4, 0.5) is 0 Å². The van der Waals surface area contributed by atoms with E-state index in [4.69, 9.17) is 9.47 Å². The topological polar surface area (TPSA) is 68.6 Å². The van der Waals surface area contributed by atoms with Gasteiger partial charge in [-0.15, -0.1) is 0 Å². The zero-order valence-electron chi connectivity index (χ0n) is 18.8. The first-order valence-electron chi connectivity index (χ1n) is 11.7. The van der Waals surface area contributed by atoms with Crippen LogP contribution >= 0.6 is 0 Å². The molecular weight excluding hydrogens is 416 g/mol. The highest BCUT2D eigenvalue weighted by molar-refractivity contribution is 5.94. The molecule has 1 aromatic heterocycles. The van der Waals surface area contributed by atoms with Crippen LogP contribution in [-0.2, 0) is 39.4 Å². The maximum absolute atomic E-state index is 13.5. The minimum Gasteiger partial charge on any atom is -0.454 e. The molecule has 1 atom stereocenters. The van der Waals surface area contributed by atoms with Gasteiger partial charge in [-0.2, -0.15) is 5.10 Å². The van der Waals surface area contributed by atoms with E-state index in [2.05, 4.69) is 34.7 Å². The summed E-state index contributed by atoms with van der Waals surface area (Å²) in [7, 11) is 1.96. The van der Waals surface area contributed by atoms with Gasteiger partial charge < -0.3 is 19.7 Å². The van der Waals surface area contributed by atoms with Crippen LogP contribution in [0.2, 0.25) is 0 Å². The highest BCUT2D eigenvalue weighted by Crippen LogP contribution is 2.33. The lowest BCUT2D eigenvalue weighted by Gasteiger charge is -2.29. The van der Waals surface area contributed by atoms with E-state index in [1.807, 2.05) is 34.8 Å². The molecule has 6 rings (SSSR count). The van der Waals surface area contributed by atoms with E-state index < -0.39 is 0 Å². The molecule has 0 radical (unpaired) electrons. The first-order valence-corrected chi connectivity index (χ1v) is 11.7. The summed E-state index contributed by atoms with van der Waals surface area (Å²) in [5.74, 6) is 1.67. The minimum absolute atomic E-state index is 0.0535. The summed E-state index contributed by atoms with van der Waals surface area (Å²) < 4.78 is 12.8. The molecule has 7 heteroatoms. The third-order valence-corrected chi connectivity index (χ3v) is 7.11. The molecule has 33 heavy (non-hydrogen) atoms. The van der Waals surface area contributed by atoms with Gasteiger partial charge in [0.2, 0.25) is 6.79 Å². The number of hydrogen-bond donors (Lipinski definition) is 1. The van der Waals surface area contributed by atoms with Gasteiger partial charge in [0.1, 0.15) is 0 Å². The van der Waals surface area contributed by atoms with Crippen molar-refractivity contribution in [3.8, 4) is 11.5 Å². The number of carbonyl (C=O) groups excluding carboxylic acids is 1. The maximum Gasteiger partial charge on any atom is 0.274 e. The third-order valence-electron chi connectivity index (χ3n) is 7.11. The third kappa shape index (κ3) is 3.76. The first kappa shape index (κ1) is 20.3. The molecule has 0 unspecified atom stereocenters. The lowest BCUT2D eigenvalue weighted by Crippen LogP contribution is -2.38. The van der Waals surface area contributed by atoms with Gasteiger partial charge in [0, 0.05) is 44.0 Å². The molecule has 1 N–H and O–H groups in total. The summed E-state index contributed by atoms with van der Waals surface area (Å²) in [5, 5.41) is 8.36. The van der Waals surface area contributed by atoms with Gasteiger partial charge in [-0.05, 0) is 54.5 Å². The Morgan fingerprint density at radius 2 is 1.97 bits per heavy atom. The predicted octanol–water partition coefficient (Wildman–Crippen LogP) is 2.99. The Hall–Kier alpha value is -3.32. The molecule has 0 saturated carbocycles. The zero-order valence-corrected chi connectivity index (χ0v) is 18.8. The van der Waals surface area contributed by atoms with Gasteiger partial charge in [0.25, 0.3) is 5.91 Å². The van der Waals surface area contributed by atoms with Crippen LogP contribution in [-0.4, -0.2) is 40.0 Å². The largest absolute Gasteiger partial charge is 0.454 e. The average molecular weight is 445 g/mol. The summed E-state index contributed by atoms with van der Waals surface area (Å²) in [6, 6.07) is 14.8. The van der Waals surface area contributed by atoms with Crippen LogP contribution in [0.1, 0.15) is 44.9 Å². The number of amides is 1. The minimum atomic E-state index is 0.0535. The van der Waals surface area contributed by atoms with Gasteiger partial charge in [0.05, 0.1) is 0 Å². The van der Waals surface area contributed by atoms with Crippen LogP contribution < -0.4 is 14.8 Å². The number of carbonyl (C=O) groups is 1. The van der Waals surface area contributed by atoms with Crippen molar-refractivity contribution >= 4 is 5.91 Å². The number of ether oxygens (including phenoxy) is 2. The van der Waals surface area contributed by atoms with Gasteiger partial charge in [-0.1, -0.05) is 30.3 Å². The van der Waals surface area contributed by atoms with Crippen molar-refractivity contribution in [1.82, 2.24) is 20.0 Å². The number of aromatic nitrogens is 2. The normalized spacial score (nSPS) is 18.7. The summed E-state index contributed by atoms with van der Waals surface area (Å²) in [6.45, 7) is 2.44. The van der Waals surface area contributed by atoms with Gasteiger partial charge in [-0.25, -0.2) is 0 Å². The van der Waals surface area contributed by atoms with Crippen LogP contribution in [0, 0.1) is 0 Å². The maximum atomic E-state index is 13.5. The Kier molecular flexibility index (Phi) is 5.06. The predicted molar refractivity (Wildman–Crippen MR) is 123 cm³/mol. The highest BCUT2D eigenvalue weighted by atomic mass is 16.7. The zero-order chi connectivity index (χ0) is 22.4. The van der Waals surface area contributed by atoms with Gasteiger partial charge >= 0.3 is 0 Å². The number of aryl methyl sites for hydroxylation is 1. The van der Waals surface area contributed by atoms with Gasteiger partial charge in [-0.3, -0.25) is 9.48 Å².